The van der Waals surface area contributed by atoms with Crippen LogP contribution >= 0.6 is 0 Å². The topological polar surface area (TPSA) is 79.5 Å². The average Bonchev–Trinajstić information content (AvgIpc) is 2.82. The molecule has 0 bridgehead atoms. The molecule has 6 heteroatoms. The molecule has 0 saturated heterocycles. The lowest BCUT2D eigenvalue weighted by Gasteiger charge is -2.03. The van der Waals surface area contributed by atoms with Crippen LogP contribution in [0.25, 0.3) is 5.52 Å². The normalized spacial score (nSPS) is 10.7. The zero-order valence-electron chi connectivity index (χ0n) is 10.0. The van der Waals surface area contributed by atoms with E-state index in [1.165, 1.54) is 0 Å². The number of hydrogen-bond donors (Lipinski definition) is 2. The molecule has 18 heavy (non-hydrogen) atoms. The van der Waals surface area contributed by atoms with Gasteiger partial charge in [-0.05, 0) is 19.3 Å². The van der Waals surface area contributed by atoms with Crippen LogP contribution in [0.4, 0.5) is 0 Å². The van der Waals surface area contributed by atoms with Gasteiger partial charge in [-0.3, -0.25) is 9.78 Å². The quantitative estimate of drug-likeness (QED) is 0.734. The number of nitrogens with one attached hydrogen (secondary N) is 1. The van der Waals surface area contributed by atoms with Crippen LogP contribution in [-0.2, 0) is 0 Å². The fourth-order valence-corrected chi connectivity index (χ4v) is 1.72. The Hall–Kier alpha value is -1.95. The molecule has 1 amide bonds. The molecule has 0 aliphatic rings. The van der Waals surface area contributed by atoms with Crippen LogP contribution in [0.2, 0.25) is 0 Å². The first kappa shape index (κ1) is 12.5. The Bertz CT molecular complexity index is 524. The highest BCUT2D eigenvalue weighted by atomic mass is 16.2. The first-order valence-electron chi connectivity index (χ1n) is 5.99. The van der Waals surface area contributed by atoms with Crippen LogP contribution in [0.3, 0.4) is 0 Å². The number of unbranched alkanes of at least 4 members (excludes halogenated alkanes) is 2. The first-order valence-corrected chi connectivity index (χ1v) is 5.99. The Morgan fingerprint density at radius 3 is 3.06 bits per heavy atom. The molecule has 0 aromatic carbocycles. The largest absolute Gasteiger partial charge is 0.396 e. The summed E-state index contributed by atoms with van der Waals surface area (Å²) in [5, 5.41) is 15.6. The maximum Gasteiger partial charge on any atom is 0.255 e. The Morgan fingerprint density at radius 1 is 1.33 bits per heavy atom. The number of aromatic nitrogens is 3. The summed E-state index contributed by atoms with van der Waals surface area (Å²) < 4.78 is 1.62. The maximum absolute atomic E-state index is 11.9. The lowest BCUT2D eigenvalue weighted by atomic mass is 10.2. The lowest BCUT2D eigenvalue weighted by molar-refractivity contribution is 0.0954. The van der Waals surface area contributed by atoms with E-state index in [2.05, 4.69) is 15.4 Å². The van der Waals surface area contributed by atoms with Gasteiger partial charge < -0.3 is 10.4 Å². The Balaban J connectivity index is 1.93. The monoisotopic (exact) mass is 248 g/mol. The van der Waals surface area contributed by atoms with Crippen LogP contribution in [0, 0.1) is 0 Å². The van der Waals surface area contributed by atoms with Gasteiger partial charge in [0, 0.05) is 25.5 Å². The van der Waals surface area contributed by atoms with Crippen molar-refractivity contribution in [3.05, 3.63) is 30.4 Å². The molecule has 0 fully saturated rings. The van der Waals surface area contributed by atoms with Gasteiger partial charge in [-0.15, -0.1) is 0 Å². The van der Waals surface area contributed by atoms with Gasteiger partial charge in [0.2, 0.25) is 0 Å². The van der Waals surface area contributed by atoms with Crippen molar-refractivity contribution < 1.29 is 9.90 Å². The minimum atomic E-state index is -0.137. The Kier molecular flexibility index (Phi) is 4.25. The first-order chi connectivity index (χ1) is 8.83. The fourth-order valence-electron chi connectivity index (χ4n) is 1.72. The zero-order valence-corrected chi connectivity index (χ0v) is 10.0. The van der Waals surface area contributed by atoms with E-state index in [1.807, 2.05) is 0 Å². The van der Waals surface area contributed by atoms with Gasteiger partial charge >= 0.3 is 0 Å². The van der Waals surface area contributed by atoms with Crippen LogP contribution in [0.1, 0.15) is 29.6 Å². The molecular formula is C12H16N4O2. The second-order valence-corrected chi connectivity index (χ2v) is 4.00. The number of aliphatic hydroxyl groups excluding tert-OH is 1. The van der Waals surface area contributed by atoms with Gasteiger partial charge in [-0.25, -0.2) is 4.52 Å². The van der Waals surface area contributed by atoms with E-state index in [0.717, 1.165) is 19.3 Å². The molecule has 2 heterocycles. The standard InChI is InChI=1S/C12H16N4O2/c17-7-3-1-2-4-14-12(18)10-8-15-16-6-5-13-9-11(10)16/h5-6,8-9,17H,1-4,7H2,(H,14,18). The molecule has 0 saturated carbocycles. The summed E-state index contributed by atoms with van der Waals surface area (Å²) in [6, 6.07) is 0. The summed E-state index contributed by atoms with van der Waals surface area (Å²) in [5.41, 5.74) is 1.23. The number of aliphatic hydroxyl groups is 1. The summed E-state index contributed by atoms with van der Waals surface area (Å²) in [7, 11) is 0. The maximum atomic E-state index is 11.9. The molecule has 0 radical (unpaired) electrons. The molecule has 0 atom stereocenters. The second kappa shape index (κ2) is 6.11. The van der Waals surface area contributed by atoms with Gasteiger partial charge in [0.15, 0.2) is 0 Å². The summed E-state index contributed by atoms with van der Waals surface area (Å²) in [5.74, 6) is -0.137. The van der Waals surface area contributed by atoms with Crippen LogP contribution in [-0.4, -0.2) is 38.8 Å². The lowest BCUT2D eigenvalue weighted by Crippen LogP contribution is -2.24. The third-order valence-corrected chi connectivity index (χ3v) is 2.69. The van der Waals surface area contributed by atoms with E-state index in [1.54, 1.807) is 29.3 Å². The van der Waals surface area contributed by atoms with E-state index in [9.17, 15) is 4.79 Å². The summed E-state index contributed by atoms with van der Waals surface area (Å²) in [4.78, 5) is 15.9. The SMILES string of the molecule is O=C(NCCCCCO)c1cnn2ccncc12. The molecule has 2 aromatic rings. The number of carbonyl (C=O) groups is 1. The minimum absolute atomic E-state index is 0.137. The van der Waals surface area contributed by atoms with Crippen molar-refractivity contribution in [1.29, 1.82) is 0 Å². The number of rotatable bonds is 6. The number of amides is 1. The number of carbonyl (C=O) groups excluding carboxylic acids is 1. The van der Waals surface area contributed by atoms with Crippen molar-refractivity contribution >= 4 is 11.4 Å². The van der Waals surface area contributed by atoms with Crippen LogP contribution < -0.4 is 5.32 Å². The van der Waals surface area contributed by atoms with Gasteiger partial charge in [0.1, 0.15) is 0 Å². The van der Waals surface area contributed by atoms with E-state index < -0.39 is 0 Å². The predicted molar refractivity (Wildman–Crippen MR) is 66.3 cm³/mol. The average molecular weight is 248 g/mol. The van der Waals surface area contributed by atoms with Crippen molar-refractivity contribution in [1.82, 2.24) is 19.9 Å². The van der Waals surface area contributed by atoms with E-state index in [-0.39, 0.29) is 12.5 Å². The molecule has 2 N–H and O–H groups in total. The van der Waals surface area contributed by atoms with Crippen LogP contribution in [0.15, 0.2) is 24.8 Å². The highest BCUT2D eigenvalue weighted by Gasteiger charge is 2.11. The van der Waals surface area contributed by atoms with Crippen molar-refractivity contribution in [2.75, 3.05) is 13.2 Å². The van der Waals surface area contributed by atoms with Crippen molar-refractivity contribution in [3.63, 3.8) is 0 Å². The summed E-state index contributed by atoms with van der Waals surface area (Å²) >= 11 is 0. The van der Waals surface area contributed by atoms with E-state index in [0.29, 0.717) is 17.6 Å². The zero-order chi connectivity index (χ0) is 12.8. The Morgan fingerprint density at radius 2 is 2.22 bits per heavy atom. The molecule has 6 nitrogen and oxygen atoms in total. The number of fused-ring (bicyclic) bond motifs is 1. The van der Waals surface area contributed by atoms with Gasteiger partial charge in [0.25, 0.3) is 5.91 Å². The summed E-state index contributed by atoms with van der Waals surface area (Å²) in [6.45, 7) is 0.810. The van der Waals surface area contributed by atoms with Crippen molar-refractivity contribution in [2.24, 2.45) is 0 Å². The number of hydrogen-bond acceptors (Lipinski definition) is 4. The molecule has 96 valence electrons. The van der Waals surface area contributed by atoms with E-state index in [4.69, 9.17) is 5.11 Å². The van der Waals surface area contributed by atoms with Gasteiger partial charge in [0.05, 0.1) is 23.5 Å². The predicted octanol–water partition coefficient (Wildman–Crippen LogP) is 0.622. The molecule has 0 aliphatic carbocycles. The highest BCUT2D eigenvalue weighted by Crippen LogP contribution is 2.08. The highest BCUT2D eigenvalue weighted by molar-refractivity contribution is 6.00. The molecule has 0 unspecified atom stereocenters. The van der Waals surface area contributed by atoms with Crippen LogP contribution in [0.5, 0.6) is 0 Å². The number of nitrogens with zero attached hydrogens (tertiary/aromatic N) is 3. The second-order valence-electron chi connectivity index (χ2n) is 4.00. The molecule has 0 aliphatic heterocycles. The third-order valence-electron chi connectivity index (χ3n) is 2.69. The fraction of sp³-hybridized carbons (Fsp3) is 0.417. The smallest absolute Gasteiger partial charge is 0.255 e. The van der Waals surface area contributed by atoms with Gasteiger partial charge in [-0.1, -0.05) is 0 Å². The van der Waals surface area contributed by atoms with Crippen molar-refractivity contribution in [3.8, 4) is 0 Å². The Labute approximate surface area is 105 Å². The van der Waals surface area contributed by atoms with Gasteiger partial charge in [-0.2, -0.15) is 5.10 Å². The third kappa shape index (κ3) is 2.84. The molecule has 2 aromatic heterocycles. The molecule has 2 rings (SSSR count). The molecular weight excluding hydrogens is 232 g/mol. The summed E-state index contributed by atoms with van der Waals surface area (Å²) in [6.07, 6.45) is 9.03. The minimum Gasteiger partial charge on any atom is -0.396 e. The van der Waals surface area contributed by atoms with Crippen molar-refractivity contribution in [2.45, 2.75) is 19.3 Å². The molecule has 0 spiro atoms. The van der Waals surface area contributed by atoms with E-state index >= 15 is 0 Å².